The Bertz CT molecular complexity index is 800. The molecule has 1 aromatic heterocycles. The zero-order valence-electron chi connectivity index (χ0n) is 11.2. The van der Waals surface area contributed by atoms with Crippen molar-refractivity contribution >= 4 is 53.3 Å². The van der Waals surface area contributed by atoms with Crippen LogP contribution < -0.4 is 5.32 Å². The van der Waals surface area contributed by atoms with Gasteiger partial charge in [0.2, 0.25) is 0 Å². The molecule has 0 amide bonds. The van der Waals surface area contributed by atoms with Crippen molar-refractivity contribution in [3.8, 4) is 0 Å². The molecular formula is C16H12Br2FNS. The summed E-state index contributed by atoms with van der Waals surface area (Å²) in [5, 5.41) is 6.61. The van der Waals surface area contributed by atoms with E-state index in [0.29, 0.717) is 0 Å². The summed E-state index contributed by atoms with van der Waals surface area (Å²) in [6, 6.07) is 10.9. The Kier molecular flexibility index (Phi) is 4.45. The lowest BCUT2D eigenvalue weighted by atomic mass is 9.98. The van der Waals surface area contributed by atoms with Gasteiger partial charge in [-0.05, 0) is 69.1 Å². The molecule has 1 nitrogen and oxygen atoms in total. The lowest BCUT2D eigenvalue weighted by Crippen LogP contribution is -2.18. The van der Waals surface area contributed by atoms with Gasteiger partial charge < -0.3 is 5.32 Å². The minimum absolute atomic E-state index is 0.0573. The molecule has 3 aromatic rings. The first kappa shape index (κ1) is 15.2. The van der Waals surface area contributed by atoms with Gasteiger partial charge in [0.25, 0.3) is 0 Å². The monoisotopic (exact) mass is 427 g/mol. The van der Waals surface area contributed by atoms with Crippen LogP contribution in [0.25, 0.3) is 10.1 Å². The molecule has 0 aliphatic carbocycles. The average Bonchev–Trinajstić information content (AvgIpc) is 2.89. The average molecular weight is 429 g/mol. The molecule has 3 rings (SSSR count). The fraction of sp³-hybridized carbons (Fsp3) is 0.125. The first-order valence-corrected chi connectivity index (χ1v) is 8.86. The third kappa shape index (κ3) is 2.80. The summed E-state index contributed by atoms with van der Waals surface area (Å²) < 4.78 is 16.8. The summed E-state index contributed by atoms with van der Waals surface area (Å²) in [4.78, 5) is 0. The van der Waals surface area contributed by atoms with E-state index >= 15 is 0 Å². The summed E-state index contributed by atoms with van der Waals surface area (Å²) in [5.41, 5.74) is 2.06. The number of halogens is 3. The second-order valence-electron chi connectivity index (χ2n) is 4.70. The Balaban J connectivity index is 2.19. The Morgan fingerprint density at radius 2 is 1.90 bits per heavy atom. The minimum atomic E-state index is -0.228. The van der Waals surface area contributed by atoms with Crippen LogP contribution in [0.4, 0.5) is 4.39 Å². The van der Waals surface area contributed by atoms with Gasteiger partial charge in [-0.15, -0.1) is 11.3 Å². The quantitative estimate of drug-likeness (QED) is 0.549. The molecule has 0 radical (unpaired) electrons. The Hall–Kier alpha value is -0.750. The predicted molar refractivity (Wildman–Crippen MR) is 94.5 cm³/mol. The maximum Gasteiger partial charge on any atom is 0.123 e. The first-order valence-electron chi connectivity index (χ1n) is 6.39. The number of nitrogens with one attached hydrogen (secondary N) is 1. The molecule has 2 aromatic carbocycles. The number of thiophene rings is 1. The van der Waals surface area contributed by atoms with Crippen LogP contribution in [0.1, 0.15) is 17.2 Å². The largest absolute Gasteiger partial charge is 0.309 e. The van der Waals surface area contributed by atoms with Gasteiger partial charge in [0, 0.05) is 13.6 Å². The van der Waals surface area contributed by atoms with Crippen LogP contribution in [0.2, 0.25) is 0 Å². The zero-order chi connectivity index (χ0) is 15.0. The highest BCUT2D eigenvalue weighted by atomic mass is 79.9. The highest BCUT2D eigenvalue weighted by molar-refractivity contribution is 9.11. The van der Waals surface area contributed by atoms with Gasteiger partial charge in [0.05, 0.1) is 6.04 Å². The summed E-state index contributed by atoms with van der Waals surface area (Å²) >= 11 is 8.80. The fourth-order valence-electron chi connectivity index (χ4n) is 2.48. The SMILES string of the molecule is CNC(c1cc(F)ccc1Br)c1csc2c(Br)cccc12. The van der Waals surface area contributed by atoms with Crippen molar-refractivity contribution < 1.29 is 4.39 Å². The summed E-state index contributed by atoms with van der Waals surface area (Å²) in [6.45, 7) is 0. The molecule has 0 aliphatic rings. The topological polar surface area (TPSA) is 12.0 Å². The predicted octanol–water partition coefficient (Wildman–Crippen LogP) is 5.87. The van der Waals surface area contributed by atoms with Crippen molar-refractivity contribution in [2.45, 2.75) is 6.04 Å². The van der Waals surface area contributed by atoms with E-state index in [0.717, 1.165) is 20.1 Å². The third-order valence-electron chi connectivity index (χ3n) is 3.45. The molecule has 21 heavy (non-hydrogen) atoms. The number of rotatable bonds is 3. The molecule has 1 unspecified atom stereocenters. The van der Waals surface area contributed by atoms with E-state index in [4.69, 9.17) is 0 Å². The van der Waals surface area contributed by atoms with E-state index in [2.05, 4.69) is 48.6 Å². The van der Waals surface area contributed by atoms with Crippen molar-refractivity contribution in [2.75, 3.05) is 7.05 Å². The molecule has 0 saturated heterocycles. The molecule has 1 heterocycles. The summed E-state index contributed by atoms with van der Waals surface area (Å²) in [6.07, 6.45) is 0. The Morgan fingerprint density at radius 3 is 2.67 bits per heavy atom. The van der Waals surface area contributed by atoms with E-state index in [1.807, 2.05) is 19.2 Å². The summed E-state index contributed by atoms with van der Waals surface area (Å²) in [7, 11) is 1.89. The van der Waals surface area contributed by atoms with Crippen molar-refractivity contribution in [3.63, 3.8) is 0 Å². The minimum Gasteiger partial charge on any atom is -0.309 e. The van der Waals surface area contributed by atoms with Crippen molar-refractivity contribution in [1.82, 2.24) is 5.32 Å². The van der Waals surface area contributed by atoms with Crippen LogP contribution in [0, 0.1) is 5.82 Å². The van der Waals surface area contributed by atoms with Crippen LogP contribution >= 0.6 is 43.2 Å². The Labute approximate surface area is 143 Å². The number of benzene rings is 2. The molecule has 1 N–H and O–H groups in total. The standard InChI is InChI=1S/C16H12Br2FNS/c1-20-15(11-7-9(19)5-6-13(11)17)12-8-21-16-10(12)3-2-4-14(16)18/h2-8,15,20H,1H3. The molecule has 0 spiro atoms. The van der Waals surface area contributed by atoms with Crippen LogP contribution in [0.5, 0.6) is 0 Å². The number of fused-ring (bicyclic) bond motifs is 1. The molecule has 0 aliphatic heterocycles. The van der Waals surface area contributed by atoms with Crippen molar-refractivity contribution in [2.24, 2.45) is 0 Å². The van der Waals surface area contributed by atoms with Crippen molar-refractivity contribution in [3.05, 3.63) is 67.7 Å². The Morgan fingerprint density at radius 1 is 1.10 bits per heavy atom. The van der Waals surface area contributed by atoms with E-state index < -0.39 is 0 Å². The smallest absolute Gasteiger partial charge is 0.123 e. The first-order chi connectivity index (χ1) is 10.1. The molecule has 5 heteroatoms. The van der Waals surface area contributed by atoms with Gasteiger partial charge in [-0.25, -0.2) is 4.39 Å². The molecule has 0 fully saturated rings. The normalized spacial score (nSPS) is 12.8. The molecule has 108 valence electrons. The molecular weight excluding hydrogens is 417 g/mol. The third-order valence-corrected chi connectivity index (χ3v) is 6.14. The lowest BCUT2D eigenvalue weighted by Gasteiger charge is -2.18. The van der Waals surface area contributed by atoms with Gasteiger partial charge in [0.1, 0.15) is 5.82 Å². The van der Waals surface area contributed by atoms with Gasteiger partial charge in [0.15, 0.2) is 0 Å². The van der Waals surface area contributed by atoms with Gasteiger partial charge in [-0.3, -0.25) is 0 Å². The van der Waals surface area contributed by atoms with Gasteiger partial charge in [-0.1, -0.05) is 28.1 Å². The van der Waals surface area contributed by atoms with Crippen molar-refractivity contribution in [1.29, 1.82) is 0 Å². The van der Waals surface area contributed by atoms with E-state index in [1.165, 1.54) is 16.2 Å². The molecule has 0 saturated carbocycles. The van der Waals surface area contributed by atoms with Crippen LogP contribution in [-0.2, 0) is 0 Å². The zero-order valence-corrected chi connectivity index (χ0v) is 15.1. The second-order valence-corrected chi connectivity index (χ2v) is 7.28. The lowest BCUT2D eigenvalue weighted by molar-refractivity contribution is 0.616. The summed E-state index contributed by atoms with van der Waals surface area (Å²) in [5.74, 6) is -0.228. The number of hydrogen-bond donors (Lipinski definition) is 1. The maximum absolute atomic E-state index is 13.6. The molecule has 1 atom stereocenters. The highest BCUT2D eigenvalue weighted by Crippen LogP contribution is 2.38. The van der Waals surface area contributed by atoms with E-state index in [-0.39, 0.29) is 11.9 Å². The molecule has 0 bridgehead atoms. The second kappa shape index (κ2) is 6.16. The van der Waals surface area contributed by atoms with Crippen LogP contribution in [0.3, 0.4) is 0 Å². The van der Waals surface area contributed by atoms with Crippen LogP contribution in [-0.4, -0.2) is 7.05 Å². The fourth-order valence-corrected chi connectivity index (χ4v) is 4.60. The van der Waals surface area contributed by atoms with Gasteiger partial charge in [-0.2, -0.15) is 0 Å². The highest BCUT2D eigenvalue weighted by Gasteiger charge is 2.19. The number of hydrogen-bond acceptors (Lipinski definition) is 2. The van der Waals surface area contributed by atoms with Crippen LogP contribution in [0.15, 0.2) is 50.7 Å². The van der Waals surface area contributed by atoms with E-state index in [1.54, 1.807) is 23.5 Å². The maximum atomic E-state index is 13.6. The van der Waals surface area contributed by atoms with Gasteiger partial charge >= 0.3 is 0 Å². The van der Waals surface area contributed by atoms with E-state index in [9.17, 15) is 4.39 Å².